The number of rotatable bonds is 5. The Morgan fingerprint density at radius 1 is 0.857 bits per heavy atom. The molecule has 1 aliphatic heterocycles. The molecule has 1 amide bonds. The summed E-state index contributed by atoms with van der Waals surface area (Å²) in [5.74, 6) is -0.525. The summed E-state index contributed by atoms with van der Waals surface area (Å²) in [6.07, 6.45) is 4.61. The lowest BCUT2D eigenvalue weighted by atomic mass is 10.2. The van der Waals surface area contributed by atoms with Gasteiger partial charge in [0, 0.05) is 37.7 Å². The predicted molar refractivity (Wildman–Crippen MR) is 108 cm³/mol. The van der Waals surface area contributed by atoms with Crippen molar-refractivity contribution in [1.82, 2.24) is 9.21 Å². The molecule has 1 heterocycles. The van der Waals surface area contributed by atoms with E-state index in [-0.39, 0.29) is 24.8 Å². The summed E-state index contributed by atoms with van der Waals surface area (Å²) in [5, 5.41) is 1.20. The van der Waals surface area contributed by atoms with Crippen LogP contribution in [0, 0.1) is 5.82 Å². The van der Waals surface area contributed by atoms with E-state index in [1.165, 1.54) is 27.9 Å². The van der Waals surface area contributed by atoms with Crippen LogP contribution in [-0.2, 0) is 14.8 Å². The van der Waals surface area contributed by atoms with Crippen molar-refractivity contribution in [3.8, 4) is 0 Å². The highest BCUT2D eigenvalue weighted by Crippen LogP contribution is 2.12. The average molecular weight is 400 g/mol. The minimum Gasteiger partial charge on any atom is -0.337 e. The molecule has 0 saturated carbocycles. The molecule has 146 valence electrons. The Kier molecular flexibility index (Phi) is 6.38. The Morgan fingerprint density at radius 3 is 2.11 bits per heavy atom. The SMILES string of the molecule is O=C(/C=C/c1ccc(F)cc1)N1CCN(S(=O)(=O)/C=C/c2ccccc2)CC1. The first-order chi connectivity index (χ1) is 13.4. The lowest BCUT2D eigenvalue weighted by molar-refractivity contribution is -0.127. The fraction of sp³-hybridized carbons (Fsp3) is 0.190. The molecule has 1 aliphatic rings. The Morgan fingerprint density at radius 2 is 1.46 bits per heavy atom. The second kappa shape index (κ2) is 8.95. The molecule has 0 radical (unpaired) electrons. The minimum absolute atomic E-state index is 0.193. The maximum Gasteiger partial charge on any atom is 0.246 e. The van der Waals surface area contributed by atoms with E-state index in [9.17, 15) is 17.6 Å². The maximum atomic E-state index is 12.9. The maximum absolute atomic E-state index is 12.9. The van der Waals surface area contributed by atoms with Crippen molar-refractivity contribution in [3.05, 3.63) is 83.0 Å². The van der Waals surface area contributed by atoms with Gasteiger partial charge in [-0.15, -0.1) is 0 Å². The molecule has 28 heavy (non-hydrogen) atoms. The fourth-order valence-electron chi connectivity index (χ4n) is 2.82. The van der Waals surface area contributed by atoms with Crippen LogP contribution in [0.3, 0.4) is 0 Å². The lowest BCUT2D eigenvalue weighted by Gasteiger charge is -2.32. The van der Waals surface area contributed by atoms with Gasteiger partial charge in [-0.25, -0.2) is 12.8 Å². The summed E-state index contributed by atoms with van der Waals surface area (Å²) in [5.41, 5.74) is 1.54. The first-order valence-electron chi connectivity index (χ1n) is 8.90. The highest BCUT2D eigenvalue weighted by molar-refractivity contribution is 7.92. The number of hydrogen-bond acceptors (Lipinski definition) is 3. The van der Waals surface area contributed by atoms with Crippen LogP contribution >= 0.6 is 0 Å². The van der Waals surface area contributed by atoms with Crippen molar-refractivity contribution < 1.29 is 17.6 Å². The third-order valence-corrected chi connectivity index (χ3v) is 6.00. The van der Waals surface area contributed by atoms with Crippen LogP contribution in [0.4, 0.5) is 4.39 Å². The molecule has 0 bridgehead atoms. The summed E-state index contributed by atoms with van der Waals surface area (Å²) in [7, 11) is -3.53. The van der Waals surface area contributed by atoms with Gasteiger partial charge in [-0.05, 0) is 35.4 Å². The van der Waals surface area contributed by atoms with Crippen LogP contribution in [0.25, 0.3) is 12.2 Å². The number of amides is 1. The molecule has 7 heteroatoms. The van der Waals surface area contributed by atoms with Gasteiger partial charge in [-0.3, -0.25) is 4.79 Å². The van der Waals surface area contributed by atoms with Crippen molar-refractivity contribution in [3.63, 3.8) is 0 Å². The number of halogens is 1. The zero-order valence-electron chi connectivity index (χ0n) is 15.2. The van der Waals surface area contributed by atoms with E-state index >= 15 is 0 Å². The predicted octanol–water partition coefficient (Wildman–Crippen LogP) is 2.98. The van der Waals surface area contributed by atoms with E-state index < -0.39 is 10.0 Å². The van der Waals surface area contributed by atoms with E-state index in [4.69, 9.17) is 0 Å². The normalized spacial score (nSPS) is 16.1. The summed E-state index contributed by atoms with van der Waals surface area (Å²) in [4.78, 5) is 13.9. The van der Waals surface area contributed by atoms with E-state index in [0.717, 1.165) is 11.1 Å². The number of hydrogen-bond donors (Lipinski definition) is 0. The van der Waals surface area contributed by atoms with Crippen LogP contribution in [0.15, 0.2) is 66.1 Å². The van der Waals surface area contributed by atoms with Gasteiger partial charge in [0.15, 0.2) is 0 Å². The van der Waals surface area contributed by atoms with Crippen molar-refractivity contribution in [2.45, 2.75) is 0 Å². The third-order valence-electron chi connectivity index (χ3n) is 4.43. The van der Waals surface area contributed by atoms with Crippen LogP contribution in [-0.4, -0.2) is 49.7 Å². The van der Waals surface area contributed by atoms with Crippen molar-refractivity contribution >= 4 is 28.1 Å². The summed E-state index contributed by atoms with van der Waals surface area (Å²) in [6.45, 7) is 1.14. The smallest absolute Gasteiger partial charge is 0.246 e. The Labute approximate surface area is 164 Å². The Bertz CT molecular complexity index is 962. The Balaban J connectivity index is 1.55. The number of carbonyl (C=O) groups is 1. The Hall–Kier alpha value is -2.77. The molecule has 0 aromatic heterocycles. The van der Waals surface area contributed by atoms with Crippen molar-refractivity contribution in [1.29, 1.82) is 0 Å². The molecule has 0 unspecified atom stereocenters. The van der Waals surface area contributed by atoms with E-state index in [1.54, 1.807) is 29.2 Å². The molecule has 2 aromatic rings. The van der Waals surface area contributed by atoms with Gasteiger partial charge < -0.3 is 4.90 Å². The van der Waals surface area contributed by atoms with Gasteiger partial charge in [0.05, 0.1) is 0 Å². The standard InChI is InChI=1S/C21H21FN2O3S/c22-20-9-6-19(7-10-20)8-11-21(25)23-13-15-24(16-14-23)28(26,27)17-12-18-4-2-1-3-5-18/h1-12,17H,13-16H2/b11-8+,17-12+. The molecule has 0 N–H and O–H groups in total. The van der Waals surface area contributed by atoms with Gasteiger partial charge in [0.1, 0.15) is 5.82 Å². The third kappa shape index (κ3) is 5.37. The van der Waals surface area contributed by atoms with Gasteiger partial charge in [0.2, 0.25) is 15.9 Å². The first kappa shape index (κ1) is 20.0. The number of sulfonamides is 1. The van der Waals surface area contributed by atoms with Crippen molar-refractivity contribution in [2.75, 3.05) is 26.2 Å². The zero-order valence-corrected chi connectivity index (χ0v) is 16.1. The van der Waals surface area contributed by atoms with E-state index in [2.05, 4.69) is 0 Å². The molecule has 2 aromatic carbocycles. The molecule has 5 nitrogen and oxygen atoms in total. The summed E-state index contributed by atoms with van der Waals surface area (Å²) in [6, 6.07) is 15.0. The number of carbonyl (C=O) groups excluding carboxylic acids is 1. The lowest BCUT2D eigenvalue weighted by Crippen LogP contribution is -2.49. The number of benzene rings is 2. The largest absolute Gasteiger partial charge is 0.337 e. The molecule has 1 saturated heterocycles. The summed E-state index contributed by atoms with van der Waals surface area (Å²) >= 11 is 0. The van der Waals surface area contributed by atoms with Gasteiger partial charge in [0.25, 0.3) is 0 Å². The second-order valence-corrected chi connectivity index (χ2v) is 8.19. The molecule has 3 rings (SSSR count). The van der Waals surface area contributed by atoms with Crippen LogP contribution in [0.5, 0.6) is 0 Å². The topological polar surface area (TPSA) is 57.7 Å². The number of nitrogens with zero attached hydrogens (tertiary/aromatic N) is 2. The first-order valence-corrected chi connectivity index (χ1v) is 10.4. The number of piperazine rings is 1. The van der Waals surface area contributed by atoms with Gasteiger partial charge in [-0.1, -0.05) is 42.5 Å². The van der Waals surface area contributed by atoms with Crippen LogP contribution in [0.2, 0.25) is 0 Å². The molecule has 1 fully saturated rings. The highest BCUT2D eigenvalue weighted by Gasteiger charge is 2.26. The quantitative estimate of drug-likeness (QED) is 0.725. The van der Waals surface area contributed by atoms with E-state index in [0.29, 0.717) is 13.1 Å². The zero-order chi connectivity index (χ0) is 20.0. The summed E-state index contributed by atoms with van der Waals surface area (Å²) < 4.78 is 39.2. The molecule has 0 spiro atoms. The minimum atomic E-state index is -3.53. The van der Waals surface area contributed by atoms with E-state index in [1.807, 2.05) is 30.3 Å². The molecule has 0 aliphatic carbocycles. The van der Waals surface area contributed by atoms with Gasteiger partial charge >= 0.3 is 0 Å². The fourth-order valence-corrected chi connectivity index (χ4v) is 4.00. The second-order valence-electron chi connectivity index (χ2n) is 6.37. The molecular formula is C21H21FN2O3S. The van der Waals surface area contributed by atoms with Crippen LogP contribution in [0.1, 0.15) is 11.1 Å². The molecular weight excluding hydrogens is 379 g/mol. The average Bonchev–Trinajstić information content (AvgIpc) is 2.72. The monoisotopic (exact) mass is 400 g/mol. The van der Waals surface area contributed by atoms with Crippen LogP contribution < -0.4 is 0 Å². The molecule has 0 atom stereocenters. The van der Waals surface area contributed by atoms with Gasteiger partial charge in [-0.2, -0.15) is 4.31 Å². The highest BCUT2D eigenvalue weighted by atomic mass is 32.2. The van der Waals surface area contributed by atoms with Crippen molar-refractivity contribution in [2.24, 2.45) is 0 Å².